The number of H-pyrrole nitrogens is 1. The third kappa shape index (κ3) is 9.33. The van der Waals surface area contributed by atoms with Gasteiger partial charge in [-0.25, -0.2) is 0 Å². The van der Waals surface area contributed by atoms with Crippen molar-refractivity contribution in [3.8, 4) is 11.3 Å². The molecule has 0 radical (unpaired) electrons. The van der Waals surface area contributed by atoms with Crippen molar-refractivity contribution in [3.05, 3.63) is 192 Å². The summed E-state index contributed by atoms with van der Waals surface area (Å²) in [5.74, 6) is -1.20. The Bertz CT molecular complexity index is 2690. The fraction of sp³-hybridized carbons (Fsp3) is 0.222. The van der Waals surface area contributed by atoms with Gasteiger partial charge in [-0.05, 0) is 103 Å². The maximum Gasteiger partial charge on any atom is 0.247 e. The number of hydrogen-bond donors (Lipinski definition) is 3. The van der Waals surface area contributed by atoms with Gasteiger partial charge in [0, 0.05) is 41.1 Å². The number of aromatic nitrogens is 1. The molecular weight excluding hydrogens is 783 g/mol. The Morgan fingerprint density at radius 3 is 1.46 bits per heavy atom. The van der Waals surface area contributed by atoms with Crippen LogP contribution in [0, 0.1) is 0 Å². The zero-order valence-corrected chi connectivity index (χ0v) is 35.2. The van der Waals surface area contributed by atoms with Gasteiger partial charge in [0.15, 0.2) is 0 Å². The normalized spacial score (nSPS) is 17.0. The highest BCUT2D eigenvalue weighted by molar-refractivity contribution is 6.01. The SMILES string of the molecule is O=C(Nc1ccc2[nH]c(-c3ccc(NC(=O)[C@@H]4CCCN4C(=O)C(Cc4ccccc4)c4ccccc4)cc3)cc2c1)C1CCCN1C(=O)[C@@H](Cc1ccccc1)c1ccccc1. The Balaban J connectivity index is 0.843. The third-order valence-electron chi connectivity index (χ3n) is 12.6. The van der Waals surface area contributed by atoms with E-state index in [0.29, 0.717) is 50.1 Å². The predicted molar refractivity (Wildman–Crippen MR) is 249 cm³/mol. The number of nitrogens with zero attached hydrogens (tertiary/aromatic N) is 2. The van der Waals surface area contributed by atoms with Crippen LogP contribution in [0.5, 0.6) is 0 Å². The minimum Gasteiger partial charge on any atom is -0.355 e. The molecule has 63 heavy (non-hydrogen) atoms. The molecule has 2 aliphatic heterocycles. The molecule has 3 N–H and O–H groups in total. The first-order chi connectivity index (χ1) is 30.9. The Morgan fingerprint density at radius 2 is 0.968 bits per heavy atom. The fourth-order valence-corrected chi connectivity index (χ4v) is 9.32. The van der Waals surface area contributed by atoms with Gasteiger partial charge >= 0.3 is 0 Å². The van der Waals surface area contributed by atoms with Crippen LogP contribution in [0.4, 0.5) is 11.4 Å². The van der Waals surface area contributed by atoms with Crippen LogP contribution in [0.1, 0.15) is 59.8 Å². The first kappa shape index (κ1) is 41.1. The molecule has 9 heteroatoms. The second kappa shape index (κ2) is 18.8. The van der Waals surface area contributed by atoms with E-state index in [1.165, 1.54) is 0 Å². The van der Waals surface area contributed by atoms with Crippen LogP contribution >= 0.6 is 0 Å². The van der Waals surface area contributed by atoms with Crippen molar-refractivity contribution >= 4 is 45.9 Å². The standard InChI is InChI=1S/C54H51N5O4/c60-51(49-23-13-31-58(49)53(62)45(39-19-9-3-10-20-39)33-37-15-5-1-6-16-37)55-43-27-25-41(26-28-43)48-36-42-35-44(29-30-47(42)57-48)56-52(61)50-24-14-32-59(50)54(63)46(40-21-11-4-12-22-40)34-38-17-7-2-8-18-38/h1-12,15-22,25-30,35-36,45-46,49-50,57H,13-14,23-24,31-34H2,(H,55,60)(H,56,61)/t45?,46-,49-,50?/m0/s1. The summed E-state index contributed by atoms with van der Waals surface area (Å²) in [5, 5.41) is 7.12. The Hall–Kier alpha value is -7.26. The lowest BCUT2D eigenvalue weighted by Crippen LogP contribution is -2.45. The van der Waals surface area contributed by atoms with E-state index in [1.54, 1.807) is 9.80 Å². The van der Waals surface area contributed by atoms with Gasteiger partial charge in [-0.3, -0.25) is 19.2 Å². The number of nitrogens with one attached hydrogen (secondary N) is 3. The van der Waals surface area contributed by atoms with E-state index in [0.717, 1.165) is 57.3 Å². The monoisotopic (exact) mass is 833 g/mol. The molecule has 9 nitrogen and oxygen atoms in total. The topological polar surface area (TPSA) is 115 Å². The number of fused-ring (bicyclic) bond motifs is 1. The average Bonchev–Trinajstić information content (AvgIpc) is 4.12. The summed E-state index contributed by atoms with van der Waals surface area (Å²) in [5.41, 5.74) is 8.10. The van der Waals surface area contributed by atoms with Crippen LogP contribution in [-0.4, -0.2) is 63.6 Å². The lowest BCUT2D eigenvalue weighted by Gasteiger charge is -2.28. The highest BCUT2D eigenvalue weighted by Gasteiger charge is 2.39. The number of rotatable bonds is 13. The van der Waals surface area contributed by atoms with E-state index in [2.05, 4.69) is 15.6 Å². The zero-order chi connectivity index (χ0) is 43.1. The molecule has 2 saturated heterocycles. The number of hydrogen-bond acceptors (Lipinski definition) is 4. The second-order valence-electron chi connectivity index (χ2n) is 16.7. The number of likely N-dealkylation sites (tertiary alicyclic amines) is 2. The fourth-order valence-electron chi connectivity index (χ4n) is 9.32. The van der Waals surface area contributed by atoms with Gasteiger partial charge in [0.05, 0.1) is 11.8 Å². The van der Waals surface area contributed by atoms with Crippen LogP contribution in [-0.2, 0) is 32.0 Å². The number of anilines is 2. The van der Waals surface area contributed by atoms with E-state index < -0.39 is 12.1 Å². The lowest BCUT2D eigenvalue weighted by atomic mass is 9.90. The molecule has 1 aromatic heterocycles. The van der Waals surface area contributed by atoms with E-state index >= 15 is 0 Å². The molecule has 0 saturated carbocycles. The summed E-state index contributed by atoms with van der Waals surface area (Å²) >= 11 is 0. The Kier molecular flexibility index (Phi) is 12.3. The molecule has 4 amide bonds. The molecule has 0 bridgehead atoms. The van der Waals surface area contributed by atoms with Crippen LogP contribution in [0.15, 0.2) is 170 Å². The molecule has 4 atom stereocenters. The highest BCUT2D eigenvalue weighted by atomic mass is 16.2. The van der Waals surface area contributed by atoms with E-state index in [9.17, 15) is 19.2 Å². The van der Waals surface area contributed by atoms with Crippen LogP contribution in [0.3, 0.4) is 0 Å². The van der Waals surface area contributed by atoms with E-state index in [-0.39, 0.29) is 35.5 Å². The molecule has 316 valence electrons. The van der Waals surface area contributed by atoms with Gasteiger partial charge in [-0.2, -0.15) is 0 Å². The molecular formula is C54H51N5O4. The predicted octanol–water partition coefficient (Wildman–Crippen LogP) is 9.75. The van der Waals surface area contributed by atoms with Crippen LogP contribution in [0.25, 0.3) is 22.2 Å². The van der Waals surface area contributed by atoms with Crippen molar-refractivity contribution < 1.29 is 19.2 Å². The van der Waals surface area contributed by atoms with Gasteiger partial charge in [0.1, 0.15) is 12.1 Å². The van der Waals surface area contributed by atoms with Gasteiger partial charge in [-0.15, -0.1) is 0 Å². The van der Waals surface area contributed by atoms with E-state index in [1.807, 2.05) is 170 Å². The highest BCUT2D eigenvalue weighted by Crippen LogP contribution is 2.32. The van der Waals surface area contributed by atoms with Crippen molar-refractivity contribution in [1.29, 1.82) is 0 Å². The molecule has 6 aromatic carbocycles. The number of carbonyl (C=O) groups is 4. The maximum atomic E-state index is 14.2. The summed E-state index contributed by atoms with van der Waals surface area (Å²) in [4.78, 5) is 63.0. The van der Waals surface area contributed by atoms with E-state index in [4.69, 9.17) is 0 Å². The molecule has 7 aromatic rings. The molecule has 2 fully saturated rings. The first-order valence-electron chi connectivity index (χ1n) is 22.0. The molecule has 9 rings (SSSR count). The molecule has 2 unspecified atom stereocenters. The summed E-state index contributed by atoms with van der Waals surface area (Å²) in [6, 6.07) is 54.1. The van der Waals surface area contributed by atoms with Crippen molar-refractivity contribution in [2.45, 2.75) is 62.4 Å². The number of aromatic amines is 1. The van der Waals surface area contributed by atoms with Crippen molar-refractivity contribution in [1.82, 2.24) is 14.8 Å². The second-order valence-corrected chi connectivity index (χ2v) is 16.7. The lowest BCUT2D eigenvalue weighted by molar-refractivity contribution is -0.138. The third-order valence-corrected chi connectivity index (χ3v) is 12.6. The number of carbonyl (C=O) groups excluding carboxylic acids is 4. The summed E-state index contributed by atoms with van der Waals surface area (Å²) < 4.78 is 0. The van der Waals surface area contributed by atoms with Gasteiger partial charge in [0.2, 0.25) is 23.6 Å². The first-order valence-corrected chi connectivity index (χ1v) is 22.0. The maximum absolute atomic E-state index is 14.2. The number of amides is 4. The van der Waals surface area contributed by atoms with Crippen molar-refractivity contribution in [3.63, 3.8) is 0 Å². The van der Waals surface area contributed by atoms with Gasteiger partial charge < -0.3 is 25.4 Å². The molecule has 2 aliphatic rings. The van der Waals surface area contributed by atoms with Crippen molar-refractivity contribution in [2.75, 3.05) is 23.7 Å². The van der Waals surface area contributed by atoms with Gasteiger partial charge in [0.25, 0.3) is 0 Å². The largest absolute Gasteiger partial charge is 0.355 e. The van der Waals surface area contributed by atoms with Crippen molar-refractivity contribution in [2.24, 2.45) is 0 Å². The number of benzene rings is 6. The quantitative estimate of drug-likeness (QED) is 0.107. The average molecular weight is 834 g/mol. The smallest absolute Gasteiger partial charge is 0.247 e. The van der Waals surface area contributed by atoms with Crippen LogP contribution < -0.4 is 10.6 Å². The summed E-state index contributed by atoms with van der Waals surface area (Å²) in [7, 11) is 0. The molecule has 0 spiro atoms. The van der Waals surface area contributed by atoms with Crippen LogP contribution in [0.2, 0.25) is 0 Å². The minimum atomic E-state index is -0.556. The Labute approximate surface area is 368 Å². The Morgan fingerprint density at radius 1 is 0.524 bits per heavy atom. The molecule has 3 heterocycles. The zero-order valence-electron chi connectivity index (χ0n) is 35.2. The van der Waals surface area contributed by atoms with Gasteiger partial charge in [-0.1, -0.05) is 133 Å². The molecule has 0 aliphatic carbocycles. The minimum absolute atomic E-state index is 0.0262. The summed E-state index contributed by atoms with van der Waals surface area (Å²) in [6.45, 7) is 1.09. The summed E-state index contributed by atoms with van der Waals surface area (Å²) in [6.07, 6.45) is 3.88.